The Balaban J connectivity index is 1.61. The zero-order valence-electron chi connectivity index (χ0n) is 15.4. The van der Waals surface area contributed by atoms with Gasteiger partial charge in [0.25, 0.3) is 0 Å². The summed E-state index contributed by atoms with van der Waals surface area (Å²) in [4.78, 5) is 19.2. The van der Waals surface area contributed by atoms with Gasteiger partial charge in [0.15, 0.2) is 5.13 Å². The molecule has 0 atom stereocenters. The minimum absolute atomic E-state index is 0.371. The first-order chi connectivity index (χ1) is 13.6. The molecule has 0 fully saturated rings. The van der Waals surface area contributed by atoms with Crippen molar-refractivity contribution >= 4 is 32.4 Å². The Bertz CT molecular complexity index is 1010. The molecule has 1 aromatic heterocycles. The molecule has 0 unspecified atom stereocenters. The van der Waals surface area contributed by atoms with Gasteiger partial charge in [0, 0.05) is 24.4 Å². The van der Waals surface area contributed by atoms with Crippen molar-refractivity contribution in [2.24, 2.45) is 0 Å². The van der Waals surface area contributed by atoms with Crippen LogP contribution in [-0.2, 0) is 34.0 Å². The van der Waals surface area contributed by atoms with Crippen LogP contribution in [0.25, 0.3) is 0 Å². The molecule has 12 heteroatoms. The predicted octanol–water partition coefficient (Wildman–Crippen LogP) is 2.46. The highest BCUT2D eigenvalue weighted by Crippen LogP contribution is 2.30. The van der Waals surface area contributed by atoms with E-state index in [2.05, 4.69) is 22.1 Å². The normalized spacial score (nSPS) is 15.2. The number of amides is 1. The largest absolute Gasteiger partial charge is 0.416 e. The first-order valence-corrected chi connectivity index (χ1v) is 11.1. The fourth-order valence-corrected chi connectivity index (χ4v) is 4.91. The summed E-state index contributed by atoms with van der Waals surface area (Å²) in [5.74, 6) is -0.654. The number of sulfonamides is 1. The highest BCUT2D eigenvalue weighted by Gasteiger charge is 2.31. The molecule has 0 radical (unpaired) electrons. The monoisotopic (exact) mass is 448 g/mol. The van der Waals surface area contributed by atoms with E-state index in [0.717, 1.165) is 54.8 Å². The van der Waals surface area contributed by atoms with E-state index in [9.17, 15) is 26.4 Å². The van der Waals surface area contributed by atoms with Crippen LogP contribution in [0.1, 0.15) is 23.1 Å². The number of likely N-dealkylation sites (N-methyl/N-ethyl adjacent to an activating group) is 1. The molecule has 0 saturated heterocycles. The molecule has 7 nitrogen and oxygen atoms in total. The van der Waals surface area contributed by atoms with E-state index in [1.165, 1.54) is 11.3 Å². The average Bonchev–Trinajstić information content (AvgIpc) is 3.07. The number of nitrogens with zero attached hydrogens (tertiary/aromatic N) is 2. The lowest BCUT2D eigenvalue weighted by molar-refractivity contribution is -0.137. The Morgan fingerprint density at radius 2 is 2.10 bits per heavy atom. The highest BCUT2D eigenvalue weighted by molar-refractivity contribution is 7.89. The lowest BCUT2D eigenvalue weighted by Gasteiger charge is -2.23. The van der Waals surface area contributed by atoms with Crippen LogP contribution in [0.15, 0.2) is 29.2 Å². The van der Waals surface area contributed by atoms with Crippen LogP contribution in [0, 0.1) is 0 Å². The van der Waals surface area contributed by atoms with E-state index < -0.39 is 39.1 Å². The molecular formula is C17H19F3N4O3S2. The minimum atomic E-state index is -4.67. The lowest BCUT2D eigenvalue weighted by Crippen LogP contribution is -2.33. The summed E-state index contributed by atoms with van der Waals surface area (Å²) in [6.07, 6.45) is -3.89. The van der Waals surface area contributed by atoms with E-state index >= 15 is 0 Å². The van der Waals surface area contributed by atoms with Crippen LogP contribution >= 0.6 is 11.3 Å². The maximum atomic E-state index is 12.8. The summed E-state index contributed by atoms with van der Waals surface area (Å²) in [5.41, 5.74) is -0.168. The zero-order chi connectivity index (χ0) is 21.2. The number of halogens is 3. The van der Waals surface area contributed by atoms with Gasteiger partial charge < -0.3 is 5.32 Å². The van der Waals surface area contributed by atoms with Crippen molar-refractivity contribution in [3.8, 4) is 0 Å². The minimum Gasteiger partial charge on any atom is -0.301 e. The number of rotatable bonds is 6. The average molecular weight is 448 g/mol. The number of hydrogen-bond acceptors (Lipinski definition) is 6. The zero-order valence-corrected chi connectivity index (χ0v) is 17.0. The second-order valence-electron chi connectivity index (χ2n) is 6.41. The van der Waals surface area contributed by atoms with Crippen LogP contribution in [0.4, 0.5) is 18.3 Å². The van der Waals surface area contributed by atoms with Crippen LogP contribution in [0.5, 0.6) is 0 Å². The Morgan fingerprint density at radius 3 is 2.79 bits per heavy atom. The molecule has 1 aliphatic heterocycles. The standard InChI is InChI=1S/C17H19F3N4O3S2/c1-2-24-7-6-13-14(10-24)28-16(22-13)23-15(25)9-21-29(26,27)12-5-3-4-11(8-12)17(18,19)20/h3-5,8,21H,2,6-7,9-10H2,1H3,(H,22,23,25). The van der Waals surface area contributed by atoms with Gasteiger partial charge in [0.05, 0.1) is 22.7 Å². The first kappa shape index (κ1) is 21.7. The summed E-state index contributed by atoms with van der Waals surface area (Å²) >= 11 is 1.33. The molecule has 1 aromatic carbocycles. The third kappa shape index (κ3) is 5.32. The van der Waals surface area contributed by atoms with Gasteiger partial charge in [-0.3, -0.25) is 9.69 Å². The lowest BCUT2D eigenvalue weighted by atomic mass is 10.2. The fraction of sp³-hybridized carbons (Fsp3) is 0.412. The maximum absolute atomic E-state index is 12.8. The van der Waals surface area contributed by atoms with Crippen molar-refractivity contribution in [2.45, 2.75) is 31.0 Å². The van der Waals surface area contributed by atoms with Crippen LogP contribution in [-0.4, -0.2) is 43.8 Å². The third-order valence-electron chi connectivity index (χ3n) is 4.40. The molecule has 0 aliphatic carbocycles. The quantitative estimate of drug-likeness (QED) is 0.709. The topological polar surface area (TPSA) is 91.4 Å². The van der Waals surface area contributed by atoms with Gasteiger partial charge in [-0.1, -0.05) is 13.0 Å². The van der Waals surface area contributed by atoms with Crippen molar-refractivity contribution in [2.75, 3.05) is 25.0 Å². The fourth-order valence-electron chi connectivity index (χ4n) is 2.82. The van der Waals surface area contributed by atoms with E-state index in [1.807, 2.05) is 4.72 Å². The SMILES string of the molecule is CCN1CCc2nc(NC(=O)CNS(=O)(=O)c3cccc(C(F)(F)F)c3)sc2C1. The molecule has 1 amide bonds. The maximum Gasteiger partial charge on any atom is 0.416 e. The molecule has 2 heterocycles. The molecule has 1 aliphatic rings. The second-order valence-corrected chi connectivity index (χ2v) is 9.26. The van der Waals surface area contributed by atoms with Crippen molar-refractivity contribution in [3.63, 3.8) is 0 Å². The van der Waals surface area contributed by atoms with E-state index in [-0.39, 0.29) is 0 Å². The number of benzene rings is 1. The Hall–Kier alpha value is -2.02. The van der Waals surface area contributed by atoms with Gasteiger partial charge in [-0.25, -0.2) is 18.1 Å². The summed E-state index contributed by atoms with van der Waals surface area (Å²) < 4.78 is 64.8. The Labute approximate surface area is 170 Å². The first-order valence-electron chi connectivity index (χ1n) is 8.76. The summed E-state index contributed by atoms with van der Waals surface area (Å²) in [5, 5.41) is 2.91. The number of carbonyl (C=O) groups excluding carboxylic acids is 1. The highest BCUT2D eigenvalue weighted by atomic mass is 32.2. The smallest absolute Gasteiger partial charge is 0.301 e. The van der Waals surface area contributed by atoms with Crippen LogP contribution in [0.3, 0.4) is 0 Å². The molecular weight excluding hydrogens is 429 g/mol. The number of aromatic nitrogens is 1. The second kappa shape index (κ2) is 8.38. The van der Waals surface area contributed by atoms with Gasteiger partial charge in [0.2, 0.25) is 15.9 Å². The number of carbonyl (C=O) groups is 1. The molecule has 29 heavy (non-hydrogen) atoms. The number of fused-ring (bicyclic) bond motifs is 1. The van der Waals surface area contributed by atoms with Gasteiger partial charge >= 0.3 is 6.18 Å². The Kier molecular flexibility index (Phi) is 6.27. The van der Waals surface area contributed by atoms with Crippen LogP contribution < -0.4 is 10.0 Å². The summed E-state index contributed by atoms with van der Waals surface area (Å²) in [6, 6.07) is 3.32. The number of nitrogens with one attached hydrogen (secondary N) is 2. The molecule has 2 N–H and O–H groups in total. The third-order valence-corrected chi connectivity index (χ3v) is 6.80. The summed E-state index contributed by atoms with van der Waals surface area (Å²) in [7, 11) is -4.28. The van der Waals surface area contributed by atoms with Crippen molar-refractivity contribution in [1.29, 1.82) is 0 Å². The number of anilines is 1. The molecule has 0 saturated carbocycles. The molecule has 2 aromatic rings. The van der Waals surface area contributed by atoms with E-state index in [4.69, 9.17) is 0 Å². The molecule has 0 spiro atoms. The van der Waals surface area contributed by atoms with E-state index in [1.54, 1.807) is 0 Å². The Morgan fingerprint density at radius 1 is 1.34 bits per heavy atom. The van der Waals surface area contributed by atoms with E-state index in [0.29, 0.717) is 11.2 Å². The van der Waals surface area contributed by atoms with Crippen LogP contribution in [0.2, 0.25) is 0 Å². The molecule has 3 rings (SSSR count). The van der Waals surface area contributed by atoms with Crippen molar-refractivity contribution in [1.82, 2.24) is 14.6 Å². The van der Waals surface area contributed by atoms with Gasteiger partial charge in [-0.15, -0.1) is 11.3 Å². The van der Waals surface area contributed by atoms with Gasteiger partial charge in [0.1, 0.15) is 0 Å². The van der Waals surface area contributed by atoms with Gasteiger partial charge in [-0.05, 0) is 24.7 Å². The van der Waals surface area contributed by atoms with Crippen molar-refractivity contribution in [3.05, 3.63) is 40.4 Å². The molecule has 158 valence electrons. The number of thiazole rings is 1. The number of alkyl halides is 3. The van der Waals surface area contributed by atoms with Crippen molar-refractivity contribution < 1.29 is 26.4 Å². The molecule has 0 bridgehead atoms. The summed E-state index contributed by atoms with van der Waals surface area (Å²) in [6.45, 7) is 3.99. The predicted molar refractivity (Wildman–Crippen MR) is 102 cm³/mol. The number of hydrogen-bond donors (Lipinski definition) is 2. The van der Waals surface area contributed by atoms with Gasteiger partial charge in [-0.2, -0.15) is 13.2 Å².